The lowest BCUT2D eigenvalue weighted by Gasteiger charge is -2.09. The Morgan fingerprint density at radius 1 is 1.06 bits per heavy atom. The van der Waals surface area contributed by atoms with Crippen LogP contribution in [0.5, 0.6) is 5.75 Å². The maximum absolute atomic E-state index is 12.6. The molecule has 0 saturated carbocycles. The van der Waals surface area contributed by atoms with Crippen LogP contribution in [0.3, 0.4) is 0 Å². The number of nitrogens with one attached hydrogen (secondary N) is 2. The first kappa shape index (κ1) is 20.8. The first-order valence-corrected chi connectivity index (χ1v) is 9.82. The Balaban J connectivity index is 1.36. The van der Waals surface area contributed by atoms with Gasteiger partial charge in [-0.15, -0.1) is 0 Å². The quantitative estimate of drug-likeness (QED) is 0.409. The van der Waals surface area contributed by atoms with Crippen LogP contribution in [0.25, 0.3) is 16.6 Å². The van der Waals surface area contributed by atoms with E-state index in [4.69, 9.17) is 0 Å². The number of benzene rings is 2. The van der Waals surface area contributed by atoms with E-state index >= 15 is 0 Å². The van der Waals surface area contributed by atoms with Crippen molar-refractivity contribution in [2.75, 3.05) is 0 Å². The fraction of sp³-hybridized carbons (Fsp3) is 0.136. The number of hydrogen-bond donors (Lipinski definition) is 3. The summed E-state index contributed by atoms with van der Waals surface area (Å²) in [5, 5.41) is 14.5. The van der Waals surface area contributed by atoms with Gasteiger partial charge >= 0.3 is 0 Å². The summed E-state index contributed by atoms with van der Waals surface area (Å²) in [7, 11) is 0. The average Bonchev–Trinajstić information content (AvgIpc) is 3.20. The Hall–Kier alpha value is -4.47. The van der Waals surface area contributed by atoms with Crippen LogP contribution >= 0.6 is 0 Å². The van der Waals surface area contributed by atoms with Crippen LogP contribution < -0.4 is 16.4 Å². The van der Waals surface area contributed by atoms with Gasteiger partial charge in [-0.1, -0.05) is 30.3 Å². The maximum atomic E-state index is 12.6. The third kappa shape index (κ3) is 4.19. The van der Waals surface area contributed by atoms with Crippen LogP contribution in [0.1, 0.15) is 22.5 Å². The topological polar surface area (TPSA) is 131 Å². The Morgan fingerprint density at radius 2 is 1.84 bits per heavy atom. The lowest BCUT2D eigenvalue weighted by molar-refractivity contribution is -0.122. The minimum atomic E-state index is -0.773. The number of rotatable bonds is 5. The summed E-state index contributed by atoms with van der Waals surface area (Å²) in [6.45, 7) is 1.96. The van der Waals surface area contributed by atoms with Crippen molar-refractivity contribution >= 4 is 22.7 Å². The number of hydrogen-bond acceptors (Lipinski definition) is 6. The van der Waals surface area contributed by atoms with E-state index in [0.717, 1.165) is 5.56 Å². The second kappa shape index (κ2) is 8.72. The van der Waals surface area contributed by atoms with Gasteiger partial charge in [-0.25, -0.2) is 9.67 Å². The number of carbonyl (C=O) groups excluding carboxylic acids is 2. The van der Waals surface area contributed by atoms with Gasteiger partial charge in [-0.05, 0) is 30.7 Å². The van der Waals surface area contributed by atoms with Crippen LogP contribution in [-0.2, 0) is 11.3 Å². The number of fused-ring (bicyclic) bond motifs is 1. The Labute approximate surface area is 182 Å². The number of carbonyl (C=O) groups is 2. The highest BCUT2D eigenvalue weighted by Gasteiger charge is 2.18. The normalized spacial score (nSPS) is 10.8. The van der Waals surface area contributed by atoms with Crippen LogP contribution in [0.2, 0.25) is 0 Å². The van der Waals surface area contributed by atoms with Crippen molar-refractivity contribution < 1.29 is 14.7 Å². The molecule has 2 amide bonds. The molecule has 0 spiro atoms. The zero-order chi connectivity index (χ0) is 22.7. The molecule has 0 atom stereocenters. The van der Waals surface area contributed by atoms with Gasteiger partial charge in [0.25, 0.3) is 11.5 Å². The third-order valence-electron chi connectivity index (χ3n) is 4.88. The fourth-order valence-electron chi connectivity index (χ4n) is 3.21. The first-order chi connectivity index (χ1) is 15.4. The van der Waals surface area contributed by atoms with E-state index in [9.17, 15) is 19.5 Å². The van der Waals surface area contributed by atoms with Crippen LogP contribution in [0.4, 0.5) is 0 Å². The van der Waals surface area contributed by atoms with Gasteiger partial charge in [0.2, 0.25) is 5.91 Å². The summed E-state index contributed by atoms with van der Waals surface area (Å²) in [6.07, 6.45) is 2.63. The van der Waals surface area contributed by atoms with Crippen molar-refractivity contribution in [3.05, 3.63) is 82.7 Å². The molecular formula is C22H20N6O4. The number of aryl methyl sites for hydroxylation is 2. The summed E-state index contributed by atoms with van der Waals surface area (Å²) in [5.41, 5.74) is 6.17. The molecule has 0 bridgehead atoms. The molecule has 10 nitrogen and oxygen atoms in total. The number of aromatic nitrogens is 4. The monoisotopic (exact) mass is 432 g/mol. The van der Waals surface area contributed by atoms with E-state index < -0.39 is 11.8 Å². The highest BCUT2D eigenvalue weighted by molar-refractivity contribution is 5.95. The van der Waals surface area contributed by atoms with Crippen molar-refractivity contribution in [1.82, 2.24) is 30.2 Å². The summed E-state index contributed by atoms with van der Waals surface area (Å²) < 4.78 is 2.70. The van der Waals surface area contributed by atoms with E-state index in [2.05, 4.69) is 20.9 Å². The zero-order valence-electron chi connectivity index (χ0n) is 17.1. The van der Waals surface area contributed by atoms with Gasteiger partial charge in [0.05, 0.1) is 29.1 Å². The van der Waals surface area contributed by atoms with Gasteiger partial charge in [0.1, 0.15) is 0 Å². The molecule has 0 aliphatic rings. The predicted octanol–water partition coefficient (Wildman–Crippen LogP) is 1.45. The second-order valence-corrected chi connectivity index (χ2v) is 7.11. The molecule has 162 valence electrons. The van der Waals surface area contributed by atoms with Crippen molar-refractivity contribution in [1.29, 1.82) is 0 Å². The molecule has 0 saturated heterocycles. The standard InChI is InChI=1S/C22H20N6O4/c1-14-6-5-9-16-19(14)23-13-27(22(16)32)11-10-18(30)24-25-21(31)20-17(29)12-28(26-20)15-7-3-2-4-8-15/h2-9,12-13,29H,10-11H2,1H3,(H,24,30)(H,25,31). The van der Waals surface area contributed by atoms with Crippen molar-refractivity contribution in [3.63, 3.8) is 0 Å². The number of para-hydroxylation sites is 2. The average molecular weight is 432 g/mol. The summed E-state index contributed by atoms with van der Waals surface area (Å²) in [4.78, 5) is 41.3. The molecule has 0 unspecified atom stereocenters. The van der Waals surface area contributed by atoms with Gasteiger partial charge in [-0.3, -0.25) is 29.8 Å². The molecule has 4 rings (SSSR count). The third-order valence-corrected chi connectivity index (χ3v) is 4.88. The van der Waals surface area contributed by atoms with Crippen molar-refractivity contribution in [2.24, 2.45) is 0 Å². The van der Waals surface area contributed by atoms with E-state index in [1.165, 1.54) is 21.8 Å². The largest absolute Gasteiger partial charge is 0.504 e. The molecule has 4 aromatic rings. The Bertz CT molecular complexity index is 1360. The van der Waals surface area contributed by atoms with Gasteiger partial charge < -0.3 is 5.11 Å². The lowest BCUT2D eigenvalue weighted by atomic mass is 10.1. The molecule has 32 heavy (non-hydrogen) atoms. The number of hydrazine groups is 1. The molecule has 0 fully saturated rings. The number of aromatic hydroxyl groups is 1. The molecule has 0 aliphatic carbocycles. The maximum Gasteiger partial charge on any atom is 0.294 e. The van der Waals surface area contributed by atoms with Gasteiger partial charge in [0, 0.05) is 13.0 Å². The molecule has 2 heterocycles. The Morgan fingerprint density at radius 3 is 2.62 bits per heavy atom. The van der Waals surface area contributed by atoms with Gasteiger partial charge in [0.15, 0.2) is 11.4 Å². The van der Waals surface area contributed by atoms with E-state index in [1.807, 2.05) is 19.1 Å². The molecular weight excluding hydrogens is 412 g/mol. The molecule has 3 N–H and O–H groups in total. The lowest BCUT2D eigenvalue weighted by Crippen LogP contribution is -2.42. The molecule has 0 aliphatic heterocycles. The fourth-order valence-corrected chi connectivity index (χ4v) is 3.21. The smallest absolute Gasteiger partial charge is 0.294 e. The minimum Gasteiger partial charge on any atom is -0.504 e. The van der Waals surface area contributed by atoms with Crippen molar-refractivity contribution in [3.8, 4) is 11.4 Å². The summed E-state index contributed by atoms with van der Waals surface area (Å²) in [6, 6.07) is 14.3. The SMILES string of the molecule is Cc1cccc2c(=O)n(CCC(=O)NNC(=O)c3nn(-c4ccccc4)cc3O)cnc12. The molecule has 2 aromatic heterocycles. The Kier molecular flexibility index (Phi) is 5.67. The van der Waals surface area contributed by atoms with E-state index in [1.54, 1.807) is 36.4 Å². The summed E-state index contributed by atoms with van der Waals surface area (Å²) >= 11 is 0. The van der Waals surface area contributed by atoms with Gasteiger partial charge in [-0.2, -0.15) is 5.10 Å². The molecule has 10 heteroatoms. The second-order valence-electron chi connectivity index (χ2n) is 7.11. The summed E-state index contributed by atoms with van der Waals surface area (Å²) in [5.74, 6) is -1.62. The highest BCUT2D eigenvalue weighted by Crippen LogP contribution is 2.17. The minimum absolute atomic E-state index is 0.0658. The highest BCUT2D eigenvalue weighted by atomic mass is 16.3. The van der Waals surface area contributed by atoms with Crippen LogP contribution in [0, 0.1) is 6.92 Å². The number of nitrogens with zero attached hydrogens (tertiary/aromatic N) is 4. The zero-order valence-corrected chi connectivity index (χ0v) is 17.1. The molecule has 2 aromatic carbocycles. The van der Waals surface area contributed by atoms with E-state index in [0.29, 0.717) is 16.6 Å². The predicted molar refractivity (Wildman–Crippen MR) is 116 cm³/mol. The van der Waals surface area contributed by atoms with E-state index in [-0.39, 0.29) is 30.0 Å². The van der Waals surface area contributed by atoms with Crippen molar-refractivity contribution in [2.45, 2.75) is 19.9 Å². The molecule has 0 radical (unpaired) electrons. The van der Waals surface area contributed by atoms with Crippen LogP contribution in [0.15, 0.2) is 65.8 Å². The first-order valence-electron chi connectivity index (χ1n) is 9.82. The number of amides is 2. The van der Waals surface area contributed by atoms with Crippen LogP contribution in [-0.4, -0.2) is 36.3 Å².